The van der Waals surface area contributed by atoms with Crippen molar-refractivity contribution in [3.63, 3.8) is 0 Å². The van der Waals surface area contributed by atoms with Gasteiger partial charge < -0.3 is 5.73 Å². The Morgan fingerprint density at radius 2 is 1.65 bits per heavy atom. The number of nitrogens with zero attached hydrogens (tertiary/aromatic N) is 1. The molecule has 0 fully saturated rings. The summed E-state index contributed by atoms with van der Waals surface area (Å²) in [4.78, 5) is 2.63. The lowest BCUT2D eigenvalue weighted by atomic mass is 10.1. The van der Waals surface area contributed by atoms with E-state index in [0.29, 0.717) is 6.04 Å². The highest BCUT2D eigenvalue weighted by Gasteiger charge is 2.15. The molecule has 0 aliphatic rings. The molecule has 0 bridgehead atoms. The van der Waals surface area contributed by atoms with Crippen molar-refractivity contribution in [3.8, 4) is 0 Å². The second-order valence-corrected chi connectivity index (χ2v) is 6.01. The van der Waals surface area contributed by atoms with Crippen LogP contribution in [-0.4, -0.2) is 42.1 Å². The fraction of sp³-hybridized carbons (Fsp3) is 1.00. The maximum Gasteiger partial charge on any atom is 0.0226 e. The molecule has 0 heterocycles. The van der Waals surface area contributed by atoms with Gasteiger partial charge in [0, 0.05) is 12.6 Å². The zero-order valence-corrected chi connectivity index (χ0v) is 12.9. The minimum atomic E-state index is 0.604. The van der Waals surface area contributed by atoms with E-state index in [1.54, 1.807) is 0 Å². The Labute approximate surface area is 113 Å². The zero-order chi connectivity index (χ0) is 12.9. The topological polar surface area (TPSA) is 29.3 Å². The number of hydrogen-bond acceptors (Lipinski definition) is 3. The molecule has 0 spiro atoms. The maximum atomic E-state index is 5.95. The van der Waals surface area contributed by atoms with Gasteiger partial charge in [0.25, 0.3) is 0 Å². The molecule has 0 aromatic carbocycles. The number of thioether (sulfide) groups is 1. The Kier molecular flexibility index (Phi) is 12.9. The third-order valence-corrected chi connectivity index (χ3v) is 4.12. The molecule has 1 atom stereocenters. The Balaban J connectivity index is 4.06. The van der Waals surface area contributed by atoms with Crippen molar-refractivity contribution < 1.29 is 0 Å². The van der Waals surface area contributed by atoms with Crippen LogP contribution in [-0.2, 0) is 0 Å². The van der Waals surface area contributed by atoms with Crippen LogP contribution < -0.4 is 5.73 Å². The van der Waals surface area contributed by atoms with Crippen molar-refractivity contribution in [2.24, 2.45) is 5.73 Å². The van der Waals surface area contributed by atoms with Crippen LogP contribution in [0.15, 0.2) is 0 Å². The maximum absolute atomic E-state index is 5.95. The van der Waals surface area contributed by atoms with Gasteiger partial charge >= 0.3 is 0 Å². The lowest BCUT2D eigenvalue weighted by Crippen LogP contribution is -2.42. The summed E-state index contributed by atoms with van der Waals surface area (Å²) in [6.07, 6.45) is 6.43. The van der Waals surface area contributed by atoms with Crippen LogP contribution in [0.25, 0.3) is 0 Å². The van der Waals surface area contributed by atoms with Gasteiger partial charge in [0.05, 0.1) is 0 Å². The molecule has 17 heavy (non-hydrogen) atoms. The average Bonchev–Trinajstić information content (AvgIpc) is 2.36. The molecule has 0 aliphatic heterocycles. The molecular formula is C14H32N2S. The summed E-state index contributed by atoms with van der Waals surface area (Å²) in [5, 5.41) is 0. The minimum absolute atomic E-state index is 0.604. The summed E-state index contributed by atoms with van der Waals surface area (Å²) in [5.41, 5.74) is 5.95. The molecule has 1 unspecified atom stereocenters. The molecule has 0 aromatic rings. The molecule has 2 N–H and O–H groups in total. The van der Waals surface area contributed by atoms with E-state index in [2.05, 4.69) is 25.7 Å². The Morgan fingerprint density at radius 1 is 1.06 bits per heavy atom. The fourth-order valence-corrected chi connectivity index (χ4v) is 2.74. The predicted octanol–water partition coefficient (Wildman–Crippen LogP) is 3.36. The number of rotatable bonds is 12. The predicted molar refractivity (Wildman–Crippen MR) is 81.8 cm³/mol. The average molecular weight is 260 g/mol. The normalized spacial score (nSPS) is 13.2. The van der Waals surface area contributed by atoms with Crippen molar-refractivity contribution in [1.82, 2.24) is 4.90 Å². The summed E-state index contributed by atoms with van der Waals surface area (Å²) >= 11 is 2.03. The molecular weight excluding hydrogens is 228 g/mol. The van der Waals surface area contributed by atoms with Crippen LogP contribution in [0.5, 0.6) is 0 Å². The number of nitrogens with two attached hydrogens (primary N) is 1. The van der Waals surface area contributed by atoms with Crippen LogP contribution in [0.2, 0.25) is 0 Å². The van der Waals surface area contributed by atoms with Gasteiger partial charge in [0.1, 0.15) is 0 Å². The first-order chi connectivity index (χ1) is 8.29. The second-order valence-electron chi connectivity index (χ2n) is 4.62. The van der Waals surface area contributed by atoms with Crippen molar-refractivity contribution in [3.05, 3.63) is 0 Å². The lowest BCUT2D eigenvalue weighted by Gasteiger charge is -2.31. The smallest absolute Gasteiger partial charge is 0.0226 e. The first kappa shape index (κ1) is 17.3. The molecule has 0 radical (unpaired) electrons. The van der Waals surface area contributed by atoms with Crippen LogP contribution in [0.3, 0.4) is 0 Å². The van der Waals surface area contributed by atoms with Crippen LogP contribution in [0.4, 0.5) is 0 Å². The van der Waals surface area contributed by atoms with Crippen molar-refractivity contribution in [2.45, 2.75) is 58.9 Å². The van der Waals surface area contributed by atoms with E-state index in [1.807, 2.05) is 11.8 Å². The van der Waals surface area contributed by atoms with E-state index < -0.39 is 0 Å². The zero-order valence-electron chi connectivity index (χ0n) is 12.1. The second kappa shape index (κ2) is 12.7. The van der Waals surface area contributed by atoms with E-state index in [0.717, 1.165) is 6.54 Å². The van der Waals surface area contributed by atoms with Gasteiger partial charge in [-0.25, -0.2) is 0 Å². The molecule has 0 rings (SSSR count). The molecule has 3 heteroatoms. The van der Waals surface area contributed by atoms with Crippen molar-refractivity contribution in [1.29, 1.82) is 0 Å². The van der Waals surface area contributed by atoms with Gasteiger partial charge in [-0.15, -0.1) is 0 Å². The molecule has 0 aromatic heterocycles. The highest BCUT2D eigenvalue weighted by molar-refractivity contribution is 7.99. The number of hydrogen-bond donors (Lipinski definition) is 1. The van der Waals surface area contributed by atoms with Gasteiger partial charge in [-0.3, -0.25) is 4.90 Å². The lowest BCUT2D eigenvalue weighted by molar-refractivity contribution is 0.190. The summed E-state index contributed by atoms with van der Waals surface area (Å²) < 4.78 is 0. The van der Waals surface area contributed by atoms with Gasteiger partial charge in [-0.1, -0.05) is 33.6 Å². The van der Waals surface area contributed by atoms with Crippen LogP contribution in [0.1, 0.15) is 52.9 Å². The third-order valence-electron chi connectivity index (χ3n) is 3.19. The van der Waals surface area contributed by atoms with Gasteiger partial charge in [-0.05, 0) is 43.9 Å². The van der Waals surface area contributed by atoms with E-state index in [-0.39, 0.29) is 0 Å². The van der Waals surface area contributed by atoms with E-state index in [1.165, 1.54) is 56.7 Å². The Morgan fingerprint density at radius 3 is 2.06 bits per heavy atom. The Hall–Kier alpha value is 0.270. The quantitative estimate of drug-likeness (QED) is 0.546. The summed E-state index contributed by atoms with van der Waals surface area (Å²) in [6.45, 7) is 10.0. The number of unbranched alkanes of at least 4 members (excludes halogenated alkanes) is 2. The summed E-state index contributed by atoms with van der Waals surface area (Å²) in [5.74, 6) is 2.48. The molecule has 0 aliphatic carbocycles. The summed E-state index contributed by atoms with van der Waals surface area (Å²) in [6, 6.07) is 0.604. The standard InChI is InChI=1S/C14H32N2S/c1-4-7-10-16(11-8-5-2)14(13-15)9-12-17-6-3/h14H,4-13,15H2,1-3H3. The molecule has 104 valence electrons. The van der Waals surface area contributed by atoms with Crippen molar-refractivity contribution >= 4 is 11.8 Å². The highest BCUT2D eigenvalue weighted by atomic mass is 32.2. The van der Waals surface area contributed by atoms with E-state index >= 15 is 0 Å². The first-order valence-electron chi connectivity index (χ1n) is 7.31. The molecule has 2 nitrogen and oxygen atoms in total. The largest absolute Gasteiger partial charge is 0.329 e. The van der Waals surface area contributed by atoms with Gasteiger partial charge in [-0.2, -0.15) is 11.8 Å². The fourth-order valence-electron chi connectivity index (χ4n) is 2.01. The first-order valence-corrected chi connectivity index (χ1v) is 8.47. The highest BCUT2D eigenvalue weighted by Crippen LogP contribution is 2.11. The monoisotopic (exact) mass is 260 g/mol. The van der Waals surface area contributed by atoms with E-state index in [9.17, 15) is 0 Å². The minimum Gasteiger partial charge on any atom is -0.329 e. The van der Waals surface area contributed by atoms with Crippen LogP contribution >= 0.6 is 11.8 Å². The summed E-state index contributed by atoms with van der Waals surface area (Å²) in [7, 11) is 0. The molecule has 0 saturated carbocycles. The van der Waals surface area contributed by atoms with Crippen LogP contribution in [0, 0.1) is 0 Å². The SMILES string of the molecule is CCCCN(CCCC)C(CN)CCSCC. The van der Waals surface area contributed by atoms with Gasteiger partial charge in [0.2, 0.25) is 0 Å². The third kappa shape index (κ3) is 8.92. The van der Waals surface area contributed by atoms with Crippen molar-refractivity contribution in [2.75, 3.05) is 31.1 Å². The molecule has 0 saturated heterocycles. The van der Waals surface area contributed by atoms with Gasteiger partial charge in [0.15, 0.2) is 0 Å². The Bertz CT molecular complexity index is 145. The van der Waals surface area contributed by atoms with E-state index in [4.69, 9.17) is 5.73 Å². The molecule has 0 amide bonds.